The Bertz CT molecular complexity index is 618. The predicted octanol–water partition coefficient (Wildman–Crippen LogP) is 2.64. The van der Waals surface area contributed by atoms with E-state index in [1.54, 1.807) is 17.0 Å². The molecule has 0 saturated heterocycles. The minimum Gasteiger partial charge on any atom is -0.456 e. The molecule has 2 heterocycles. The molecule has 4 nitrogen and oxygen atoms in total. The van der Waals surface area contributed by atoms with Crippen molar-refractivity contribution < 1.29 is 9.21 Å². The molecule has 0 saturated carbocycles. The van der Waals surface area contributed by atoms with E-state index in [-0.39, 0.29) is 11.9 Å². The Balaban J connectivity index is 1.98. The third-order valence-electron chi connectivity index (χ3n) is 3.49. The SMILES string of the molecule is Cc1ccc(C(=O)N2CCC(N)c3ccccc32)o1. The maximum absolute atomic E-state index is 12.5. The lowest BCUT2D eigenvalue weighted by Gasteiger charge is -2.32. The van der Waals surface area contributed by atoms with Gasteiger partial charge in [0.25, 0.3) is 5.91 Å². The van der Waals surface area contributed by atoms with Crippen molar-refractivity contribution in [2.24, 2.45) is 5.73 Å². The van der Waals surface area contributed by atoms with Crippen LogP contribution in [0.25, 0.3) is 0 Å². The van der Waals surface area contributed by atoms with Gasteiger partial charge >= 0.3 is 0 Å². The Morgan fingerprint density at radius 3 is 2.84 bits per heavy atom. The fourth-order valence-electron chi connectivity index (χ4n) is 2.48. The third-order valence-corrected chi connectivity index (χ3v) is 3.49. The number of hydrogen-bond acceptors (Lipinski definition) is 3. The largest absolute Gasteiger partial charge is 0.456 e. The minimum absolute atomic E-state index is 0.00131. The van der Waals surface area contributed by atoms with Crippen molar-refractivity contribution in [1.29, 1.82) is 0 Å². The van der Waals surface area contributed by atoms with Crippen molar-refractivity contribution in [3.63, 3.8) is 0 Å². The van der Waals surface area contributed by atoms with Crippen LogP contribution in [0, 0.1) is 6.92 Å². The van der Waals surface area contributed by atoms with Crippen molar-refractivity contribution in [3.05, 3.63) is 53.5 Å². The van der Waals surface area contributed by atoms with E-state index in [1.807, 2.05) is 31.2 Å². The number of anilines is 1. The number of fused-ring (bicyclic) bond motifs is 1. The topological polar surface area (TPSA) is 59.5 Å². The standard InChI is InChI=1S/C15H16N2O2/c1-10-6-7-14(19-10)15(18)17-9-8-12(16)11-4-2-3-5-13(11)17/h2-7,12H,8-9,16H2,1H3. The third kappa shape index (κ3) is 2.04. The molecule has 1 aromatic carbocycles. The van der Waals surface area contributed by atoms with E-state index in [9.17, 15) is 4.79 Å². The monoisotopic (exact) mass is 256 g/mol. The molecule has 19 heavy (non-hydrogen) atoms. The number of carbonyl (C=O) groups excluding carboxylic acids is 1. The van der Waals surface area contributed by atoms with Gasteiger partial charge in [0, 0.05) is 18.3 Å². The molecule has 0 aliphatic carbocycles. The predicted molar refractivity (Wildman–Crippen MR) is 73.1 cm³/mol. The van der Waals surface area contributed by atoms with E-state index in [2.05, 4.69) is 0 Å². The summed E-state index contributed by atoms with van der Waals surface area (Å²) in [6.07, 6.45) is 0.766. The lowest BCUT2D eigenvalue weighted by Crippen LogP contribution is -2.38. The van der Waals surface area contributed by atoms with Crippen molar-refractivity contribution in [2.75, 3.05) is 11.4 Å². The summed E-state index contributed by atoms with van der Waals surface area (Å²) in [7, 11) is 0. The highest BCUT2D eigenvalue weighted by atomic mass is 16.3. The molecule has 1 aliphatic rings. The Labute approximate surface area is 111 Å². The second kappa shape index (κ2) is 4.55. The average Bonchev–Trinajstić information content (AvgIpc) is 2.86. The summed E-state index contributed by atoms with van der Waals surface area (Å²) >= 11 is 0. The number of nitrogens with two attached hydrogens (primary N) is 1. The zero-order valence-electron chi connectivity index (χ0n) is 10.8. The smallest absolute Gasteiger partial charge is 0.293 e. The van der Waals surface area contributed by atoms with Crippen molar-refractivity contribution in [2.45, 2.75) is 19.4 Å². The van der Waals surface area contributed by atoms with Crippen LogP contribution in [-0.2, 0) is 0 Å². The molecular weight excluding hydrogens is 240 g/mol. The van der Waals surface area contributed by atoms with Crippen LogP contribution in [0.4, 0.5) is 5.69 Å². The molecule has 0 spiro atoms. The number of benzene rings is 1. The van der Waals surface area contributed by atoms with Crippen LogP contribution < -0.4 is 10.6 Å². The first-order valence-electron chi connectivity index (χ1n) is 6.39. The highest BCUT2D eigenvalue weighted by Gasteiger charge is 2.28. The number of hydrogen-bond donors (Lipinski definition) is 1. The Morgan fingerprint density at radius 1 is 1.32 bits per heavy atom. The molecule has 1 aromatic heterocycles. The van der Waals surface area contributed by atoms with Gasteiger partial charge in [-0.15, -0.1) is 0 Å². The fourth-order valence-corrected chi connectivity index (χ4v) is 2.48. The van der Waals surface area contributed by atoms with Crippen LogP contribution in [0.1, 0.15) is 34.3 Å². The number of furan rings is 1. The van der Waals surface area contributed by atoms with E-state index in [1.165, 1.54) is 0 Å². The fraction of sp³-hybridized carbons (Fsp3) is 0.267. The molecule has 2 N–H and O–H groups in total. The molecule has 3 rings (SSSR count). The lowest BCUT2D eigenvalue weighted by molar-refractivity contribution is 0.0956. The number of aryl methyl sites for hydroxylation is 1. The van der Waals surface area contributed by atoms with Gasteiger partial charge in [0.15, 0.2) is 5.76 Å². The van der Waals surface area contributed by atoms with E-state index in [0.717, 1.165) is 23.4 Å². The van der Waals surface area contributed by atoms with Crippen molar-refractivity contribution in [3.8, 4) is 0 Å². The molecule has 1 atom stereocenters. The van der Waals surface area contributed by atoms with Gasteiger partial charge in [0.1, 0.15) is 5.76 Å². The molecule has 1 amide bonds. The van der Waals surface area contributed by atoms with Crippen LogP contribution in [0.3, 0.4) is 0 Å². The highest BCUT2D eigenvalue weighted by molar-refractivity contribution is 6.05. The van der Waals surface area contributed by atoms with Gasteiger partial charge in [0.2, 0.25) is 0 Å². The number of carbonyl (C=O) groups is 1. The average molecular weight is 256 g/mol. The van der Waals surface area contributed by atoms with Crippen LogP contribution in [0.2, 0.25) is 0 Å². The Hall–Kier alpha value is -2.07. The van der Waals surface area contributed by atoms with E-state index >= 15 is 0 Å². The molecule has 1 unspecified atom stereocenters. The van der Waals surface area contributed by atoms with E-state index in [4.69, 9.17) is 10.2 Å². The first-order valence-corrected chi connectivity index (χ1v) is 6.39. The zero-order chi connectivity index (χ0) is 13.4. The van der Waals surface area contributed by atoms with Crippen LogP contribution in [-0.4, -0.2) is 12.5 Å². The summed E-state index contributed by atoms with van der Waals surface area (Å²) in [5.74, 6) is 1.01. The minimum atomic E-state index is -0.104. The molecule has 98 valence electrons. The van der Waals surface area contributed by atoms with Gasteiger partial charge in [-0.05, 0) is 37.1 Å². The van der Waals surface area contributed by atoms with Gasteiger partial charge in [-0.2, -0.15) is 0 Å². The highest BCUT2D eigenvalue weighted by Crippen LogP contribution is 2.33. The van der Waals surface area contributed by atoms with Crippen LogP contribution in [0.5, 0.6) is 0 Å². The van der Waals surface area contributed by atoms with E-state index in [0.29, 0.717) is 12.3 Å². The van der Waals surface area contributed by atoms with Crippen molar-refractivity contribution >= 4 is 11.6 Å². The van der Waals surface area contributed by atoms with Gasteiger partial charge in [-0.1, -0.05) is 18.2 Å². The number of rotatable bonds is 1. The van der Waals surface area contributed by atoms with Gasteiger partial charge in [-0.25, -0.2) is 0 Å². The molecule has 1 aliphatic heterocycles. The summed E-state index contributed by atoms with van der Waals surface area (Å²) in [6, 6.07) is 11.3. The van der Waals surface area contributed by atoms with Gasteiger partial charge < -0.3 is 15.1 Å². The second-order valence-electron chi connectivity index (χ2n) is 4.82. The first kappa shape index (κ1) is 12.0. The Kier molecular flexibility index (Phi) is 2.87. The number of nitrogens with zero attached hydrogens (tertiary/aromatic N) is 1. The second-order valence-corrected chi connectivity index (χ2v) is 4.82. The lowest BCUT2D eigenvalue weighted by atomic mass is 9.97. The Morgan fingerprint density at radius 2 is 2.11 bits per heavy atom. The molecule has 4 heteroatoms. The van der Waals surface area contributed by atoms with Crippen molar-refractivity contribution in [1.82, 2.24) is 0 Å². The first-order chi connectivity index (χ1) is 9.16. The number of para-hydroxylation sites is 1. The summed E-state index contributed by atoms with van der Waals surface area (Å²) in [5, 5.41) is 0. The van der Waals surface area contributed by atoms with E-state index < -0.39 is 0 Å². The molecule has 0 radical (unpaired) electrons. The summed E-state index contributed by atoms with van der Waals surface area (Å²) in [6.45, 7) is 2.45. The zero-order valence-corrected chi connectivity index (χ0v) is 10.8. The molecule has 0 bridgehead atoms. The summed E-state index contributed by atoms with van der Waals surface area (Å²) < 4.78 is 5.42. The maximum atomic E-state index is 12.5. The molecule has 2 aromatic rings. The molecular formula is C15H16N2O2. The number of amides is 1. The maximum Gasteiger partial charge on any atom is 0.293 e. The van der Waals surface area contributed by atoms with Crippen LogP contribution >= 0.6 is 0 Å². The summed E-state index contributed by atoms with van der Waals surface area (Å²) in [4.78, 5) is 14.2. The summed E-state index contributed by atoms with van der Waals surface area (Å²) in [5.41, 5.74) is 8.00. The molecule has 0 fully saturated rings. The van der Waals surface area contributed by atoms with Gasteiger partial charge in [0.05, 0.1) is 0 Å². The van der Waals surface area contributed by atoms with Crippen LogP contribution in [0.15, 0.2) is 40.8 Å². The normalized spacial score (nSPS) is 18.2. The van der Waals surface area contributed by atoms with Gasteiger partial charge in [-0.3, -0.25) is 4.79 Å². The quantitative estimate of drug-likeness (QED) is 0.853.